The van der Waals surface area contributed by atoms with Gasteiger partial charge in [0.2, 0.25) is 0 Å². The highest BCUT2D eigenvalue weighted by Crippen LogP contribution is 2.24. The molecule has 0 spiro atoms. The Kier molecular flexibility index (Phi) is 6.51. The first-order valence-electron chi connectivity index (χ1n) is 5.80. The molecular formula is C11H25NO3S. The molecule has 5 heteroatoms. The standard InChI is InChI=1S/C11H25NO3S/c1-5-11(6-2,9-13)8-12-10(3)7-16(4,14)15/h10,12-13H,5-9H2,1-4H3. The van der Waals surface area contributed by atoms with Crippen LogP contribution < -0.4 is 5.32 Å². The molecule has 0 aromatic carbocycles. The van der Waals surface area contributed by atoms with Gasteiger partial charge in [0.25, 0.3) is 0 Å². The monoisotopic (exact) mass is 251 g/mol. The third-order valence-electron chi connectivity index (χ3n) is 3.21. The lowest BCUT2D eigenvalue weighted by atomic mass is 9.83. The zero-order valence-electron chi connectivity index (χ0n) is 10.8. The zero-order valence-corrected chi connectivity index (χ0v) is 11.6. The fourth-order valence-corrected chi connectivity index (χ4v) is 2.71. The molecule has 16 heavy (non-hydrogen) atoms. The van der Waals surface area contributed by atoms with Crippen LogP contribution in [-0.4, -0.2) is 44.7 Å². The summed E-state index contributed by atoms with van der Waals surface area (Å²) in [7, 11) is -2.94. The van der Waals surface area contributed by atoms with E-state index in [4.69, 9.17) is 0 Å². The molecule has 0 heterocycles. The molecule has 0 saturated heterocycles. The Labute approximate surface area is 99.4 Å². The van der Waals surface area contributed by atoms with Crippen LogP contribution in [0, 0.1) is 5.41 Å². The molecule has 0 aromatic heterocycles. The first kappa shape index (κ1) is 15.9. The number of hydrogen-bond donors (Lipinski definition) is 2. The Morgan fingerprint density at radius 3 is 2.12 bits per heavy atom. The highest BCUT2D eigenvalue weighted by Gasteiger charge is 2.25. The Balaban J connectivity index is 4.21. The maximum atomic E-state index is 11.1. The summed E-state index contributed by atoms with van der Waals surface area (Å²) in [5, 5.41) is 12.6. The molecule has 0 fully saturated rings. The summed E-state index contributed by atoms with van der Waals surface area (Å²) in [6.07, 6.45) is 3.02. The largest absolute Gasteiger partial charge is 0.396 e. The molecule has 98 valence electrons. The van der Waals surface area contributed by atoms with Crippen molar-refractivity contribution in [2.75, 3.05) is 25.2 Å². The van der Waals surface area contributed by atoms with Gasteiger partial charge in [-0.2, -0.15) is 0 Å². The minimum absolute atomic E-state index is 0.0703. The quantitative estimate of drug-likeness (QED) is 0.670. The van der Waals surface area contributed by atoms with Crippen molar-refractivity contribution >= 4 is 9.84 Å². The zero-order chi connectivity index (χ0) is 12.8. The van der Waals surface area contributed by atoms with E-state index in [1.165, 1.54) is 6.26 Å². The Morgan fingerprint density at radius 2 is 1.81 bits per heavy atom. The number of aliphatic hydroxyl groups is 1. The Hall–Kier alpha value is -0.130. The number of hydrogen-bond acceptors (Lipinski definition) is 4. The van der Waals surface area contributed by atoms with Gasteiger partial charge in [-0.05, 0) is 19.8 Å². The minimum atomic E-state index is -2.94. The molecule has 0 rings (SSSR count). The smallest absolute Gasteiger partial charge is 0.148 e. The van der Waals surface area contributed by atoms with E-state index in [2.05, 4.69) is 5.32 Å². The number of sulfone groups is 1. The van der Waals surface area contributed by atoms with Crippen LogP contribution in [0.25, 0.3) is 0 Å². The van der Waals surface area contributed by atoms with Gasteiger partial charge in [-0.15, -0.1) is 0 Å². The summed E-state index contributed by atoms with van der Waals surface area (Å²) >= 11 is 0. The first-order chi connectivity index (χ1) is 7.28. The Morgan fingerprint density at radius 1 is 1.31 bits per heavy atom. The van der Waals surface area contributed by atoms with Crippen molar-refractivity contribution in [2.45, 2.75) is 39.7 Å². The summed E-state index contributed by atoms with van der Waals surface area (Å²) in [6, 6.07) is -0.0703. The van der Waals surface area contributed by atoms with Crippen LogP contribution in [0.15, 0.2) is 0 Å². The van der Waals surface area contributed by atoms with Crippen LogP contribution in [-0.2, 0) is 9.84 Å². The second-order valence-electron chi connectivity index (χ2n) is 4.74. The van der Waals surface area contributed by atoms with Crippen LogP contribution in [0.5, 0.6) is 0 Å². The minimum Gasteiger partial charge on any atom is -0.396 e. The van der Waals surface area contributed by atoms with Crippen molar-refractivity contribution in [3.63, 3.8) is 0 Å². The van der Waals surface area contributed by atoms with Gasteiger partial charge in [-0.25, -0.2) is 8.42 Å². The molecule has 0 saturated carbocycles. The summed E-state index contributed by atoms with van der Waals surface area (Å²) in [5.74, 6) is 0.141. The maximum Gasteiger partial charge on any atom is 0.148 e. The van der Waals surface area contributed by atoms with Gasteiger partial charge in [0.1, 0.15) is 9.84 Å². The second-order valence-corrected chi connectivity index (χ2v) is 6.92. The summed E-state index contributed by atoms with van der Waals surface area (Å²) < 4.78 is 22.2. The Bertz CT molecular complexity index is 275. The molecule has 0 aliphatic rings. The maximum absolute atomic E-state index is 11.1. The molecule has 2 N–H and O–H groups in total. The molecule has 0 aliphatic carbocycles. The fourth-order valence-electron chi connectivity index (χ4n) is 1.68. The van der Waals surface area contributed by atoms with Gasteiger partial charge < -0.3 is 10.4 Å². The SMILES string of the molecule is CCC(CC)(CO)CNC(C)CS(C)(=O)=O. The van der Waals surface area contributed by atoms with Crippen LogP contribution >= 0.6 is 0 Å². The molecular weight excluding hydrogens is 226 g/mol. The highest BCUT2D eigenvalue weighted by molar-refractivity contribution is 7.90. The number of rotatable bonds is 8. The summed E-state index contributed by atoms with van der Waals surface area (Å²) in [4.78, 5) is 0. The lowest BCUT2D eigenvalue weighted by Gasteiger charge is -2.31. The van der Waals surface area contributed by atoms with E-state index >= 15 is 0 Å². The van der Waals surface area contributed by atoms with E-state index in [0.717, 1.165) is 12.8 Å². The van der Waals surface area contributed by atoms with E-state index in [-0.39, 0.29) is 23.8 Å². The average Bonchev–Trinajstić information content (AvgIpc) is 2.18. The van der Waals surface area contributed by atoms with Gasteiger partial charge in [0, 0.05) is 30.9 Å². The molecule has 0 aliphatic heterocycles. The average molecular weight is 251 g/mol. The van der Waals surface area contributed by atoms with Crippen molar-refractivity contribution in [3.8, 4) is 0 Å². The summed E-state index contributed by atoms with van der Waals surface area (Å²) in [5.41, 5.74) is -0.119. The van der Waals surface area contributed by atoms with Crippen LogP contribution in [0.2, 0.25) is 0 Å². The number of nitrogens with one attached hydrogen (secondary N) is 1. The number of aliphatic hydroxyl groups excluding tert-OH is 1. The van der Waals surface area contributed by atoms with E-state index in [1.54, 1.807) is 0 Å². The van der Waals surface area contributed by atoms with E-state index < -0.39 is 9.84 Å². The topological polar surface area (TPSA) is 66.4 Å². The predicted molar refractivity (Wildman–Crippen MR) is 67.3 cm³/mol. The molecule has 0 radical (unpaired) electrons. The molecule has 1 atom stereocenters. The molecule has 4 nitrogen and oxygen atoms in total. The molecule has 0 bridgehead atoms. The molecule has 0 aromatic rings. The van der Waals surface area contributed by atoms with Gasteiger partial charge in [-0.3, -0.25) is 0 Å². The third kappa shape index (κ3) is 5.82. The van der Waals surface area contributed by atoms with Crippen molar-refractivity contribution in [2.24, 2.45) is 5.41 Å². The van der Waals surface area contributed by atoms with Crippen molar-refractivity contribution < 1.29 is 13.5 Å². The van der Waals surface area contributed by atoms with E-state index in [9.17, 15) is 13.5 Å². The predicted octanol–water partition coefficient (Wildman–Crippen LogP) is 0.808. The van der Waals surface area contributed by atoms with E-state index in [1.807, 2.05) is 20.8 Å². The lowest BCUT2D eigenvalue weighted by Crippen LogP contribution is -2.42. The van der Waals surface area contributed by atoms with Crippen LogP contribution in [0.3, 0.4) is 0 Å². The highest BCUT2D eigenvalue weighted by atomic mass is 32.2. The normalized spacial score (nSPS) is 15.1. The van der Waals surface area contributed by atoms with Crippen molar-refractivity contribution in [1.29, 1.82) is 0 Å². The van der Waals surface area contributed by atoms with Crippen molar-refractivity contribution in [3.05, 3.63) is 0 Å². The lowest BCUT2D eigenvalue weighted by molar-refractivity contribution is 0.111. The second kappa shape index (κ2) is 6.57. The van der Waals surface area contributed by atoms with Gasteiger partial charge >= 0.3 is 0 Å². The molecule has 0 amide bonds. The molecule has 1 unspecified atom stereocenters. The van der Waals surface area contributed by atoms with Crippen molar-refractivity contribution in [1.82, 2.24) is 5.32 Å². The first-order valence-corrected chi connectivity index (χ1v) is 7.86. The van der Waals surface area contributed by atoms with Gasteiger partial charge in [0.15, 0.2) is 0 Å². The van der Waals surface area contributed by atoms with E-state index in [0.29, 0.717) is 6.54 Å². The fraction of sp³-hybridized carbons (Fsp3) is 1.00. The van der Waals surface area contributed by atoms with Crippen LogP contribution in [0.4, 0.5) is 0 Å². The third-order valence-corrected chi connectivity index (χ3v) is 4.32. The van der Waals surface area contributed by atoms with Gasteiger partial charge in [0.05, 0.1) is 5.75 Å². The van der Waals surface area contributed by atoms with Gasteiger partial charge in [-0.1, -0.05) is 13.8 Å². The van der Waals surface area contributed by atoms with Crippen LogP contribution in [0.1, 0.15) is 33.6 Å². The summed E-state index contributed by atoms with van der Waals surface area (Å²) in [6.45, 7) is 6.74.